The van der Waals surface area contributed by atoms with Crippen LogP contribution in [-0.4, -0.2) is 20.3 Å². The van der Waals surface area contributed by atoms with Crippen LogP contribution in [0.3, 0.4) is 0 Å². The van der Waals surface area contributed by atoms with E-state index in [1.165, 1.54) is 6.42 Å². The second-order valence-corrected chi connectivity index (χ2v) is 6.47. The Hall–Kier alpha value is -0.830. The first kappa shape index (κ1) is 14.6. The van der Waals surface area contributed by atoms with Gasteiger partial charge in [0.15, 0.2) is 0 Å². The van der Waals surface area contributed by atoms with Crippen molar-refractivity contribution in [1.29, 1.82) is 0 Å². The fraction of sp³-hybridized carbons (Fsp3) is 0.812. The minimum Gasteiger partial charge on any atom is -0.389 e. The van der Waals surface area contributed by atoms with E-state index in [0.29, 0.717) is 6.42 Å². The smallest absolute Gasteiger partial charge is 0.111 e. The summed E-state index contributed by atoms with van der Waals surface area (Å²) in [5.74, 6) is 2.55. The molecule has 108 valence electrons. The van der Waals surface area contributed by atoms with Gasteiger partial charge in [0.1, 0.15) is 5.82 Å². The van der Waals surface area contributed by atoms with Crippen molar-refractivity contribution in [2.45, 2.75) is 71.4 Å². The van der Waals surface area contributed by atoms with Crippen molar-refractivity contribution in [3.05, 3.63) is 18.2 Å². The van der Waals surface area contributed by atoms with Gasteiger partial charge in [0.25, 0.3) is 0 Å². The zero-order valence-electron chi connectivity index (χ0n) is 12.6. The fourth-order valence-electron chi connectivity index (χ4n) is 3.35. The molecular weight excluding hydrogens is 236 g/mol. The lowest BCUT2D eigenvalue weighted by Gasteiger charge is -2.27. The SMILES string of the molecule is CCn1ccnc1CC1(O)CCCC(C(C)C)CC1. The molecule has 0 amide bonds. The van der Waals surface area contributed by atoms with Crippen LogP contribution in [0.4, 0.5) is 0 Å². The first-order valence-electron chi connectivity index (χ1n) is 7.76. The maximum atomic E-state index is 10.9. The molecule has 1 aromatic rings. The van der Waals surface area contributed by atoms with Gasteiger partial charge >= 0.3 is 0 Å². The number of aliphatic hydroxyl groups is 1. The van der Waals surface area contributed by atoms with E-state index in [4.69, 9.17) is 0 Å². The van der Waals surface area contributed by atoms with E-state index in [9.17, 15) is 5.11 Å². The van der Waals surface area contributed by atoms with Crippen LogP contribution in [0.1, 0.15) is 58.7 Å². The Balaban J connectivity index is 2.02. The lowest BCUT2D eigenvalue weighted by atomic mass is 9.87. The first-order valence-corrected chi connectivity index (χ1v) is 7.76. The first-order chi connectivity index (χ1) is 9.04. The number of imidazole rings is 1. The second-order valence-electron chi connectivity index (χ2n) is 6.47. The highest BCUT2D eigenvalue weighted by molar-refractivity contribution is 4.99. The normalized spacial score (nSPS) is 28.6. The van der Waals surface area contributed by atoms with Crippen LogP contribution < -0.4 is 0 Å². The van der Waals surface area contributed by atoms with Crippen molar-refractivity contribution in [3.8, 4) is 0 Å². The van der Waals surface area contributed by atoms with E-state index in [-0.39, 0.29) is 0 Å². The highest BCUT2D eigenvalue weighted by Crippen LogP contribution is 2.35. The van der Waals surface area contributed by atoms with Crippen LogP contribution in [0.15, 0.2) is 12.4 Å². The van der Waals surface area contributed by atoms with E-state index >= 15 is 0 Å². The molecule has 2 unspecified atom stereocenters. The van der Waals surface area contributed by atoms with Crippen LogP contribution in [0.2, 0.25) is 0 Å². The van der Waals surface area contributed by atoms with E-state index in [0.717, 1.165) is 49.9 Å². The van der Waals surface area contributed by atoms with Gasteiger partial charge in [0.2, 0.25) is 0 Å². The Kier molecular flexibility index (Phi) is 4.67. The standard InChI is InChI=1S/C16H28N2O/c1-4-18-11-10-17-15(18)12-16(19)8-5-6-14(7-9-16)13(2)3/h10-11,13-14,19H,4-9,12H2,1-3H3. The van der Waals surface area contributed by atoms with Gasteiger partial charge in [-0.1, -0.05) is 26.7 Å². The molecular formula is C16H28N2O. The molecule has 0 spiro atoms. The summed E-state index contributed by atoms with van der Waals surface area (Å²) in [6, 6.07) is 0. The summed E-state index contributed by atoms with van der Waals surface area (Å²) in [7, 11) is 0. The molecule has 19 heavy (non-hydrogen) atoms. The number of hydrogen-bond acceptors (Lipinski definition) is 2. The summed E-state index contributed by atoms with van der Waals surface area (Å²) in [4.78, 5) is 4.41. The Morgan fingerprint density at radius 2 is 2.21 bits per heavy atom. The summed E-state index contributed by atoms with van der Waals surface area (Å²) in [6.45, 7) is 7.66. The van der Waals surface area contributed by atoms with Crippen molar-refractivity contribution in [1.82, 2.24) is 9.55 Å². The van der Waals surface area contributed by atoms with Crippen molar-refractivity contribution in [2.75, 3.05) is 0 Å². The molecule has 2 rings (SSSR count). The molecule has 1 saturated carbocycles. The van der Waals surface area contributed by atoms with E-state index in [1.807, 2.05) is 12.4 Å². The van der Waals surface area contributed by atoms with Gasteiger partial charge in [0, 0.05) is 25.4 Å². The zero-order valence-corrected chi connectivity index (χ0v) is 12.6. The van der Waals surface area contributed by atoms with E-state index in [2.05, 4.69) is 30.3 Å². The fourth-order valence-corrected chi connectivity index (χ4v) is 3.35. The summed E-state index contributed by atoms with van der Waals surface area (Å²) in [5, 5.41) is 10.9. The number of aryl methyl sites for hydroxylation is 1. The molecule has 1 aliphatic rings. The molecule has 1 N–H and O–H groups in total. The number of aromatic nitrogens is 2. The van der Waals surface area contributed by atoms with Crippen LogP contribution >= 0.6 is 0 Å². The van der Waals surface area contributed by atoms with Crippen molar-refractivity contribution in [3.63, 3.8) is 0 Å². The second kappa shape index (κ2) is 6.08. The molecule has 0 aliphatic heterocycles. The van der Waals surface area contributed by atoms with Crippen LogP contribution in [-0.2, 0) is 13.0 Å². The molecule has 0 saturated heterocycles. The molecule has 1 aliphatic carbocycles. The van der Waals surface area contributed by atoms with E-state index in [1.54, 1.807) is 0 Å². The average Bonchev–Trinajstić information content (AvgIpc) is 2.70. The Bertz CT molecular complexity index is 399. The summed E-state index contributed by atoms with van der Waals surface area (Å²) in [5.41, 5.74) is -0.540. The highest BCUT2D eigenvalue weighted by atomic mass is 16.3. The lowest BCUT2D eigenvalue weighted by Crippen LogP contribution is -2.32. The quantitative estimate of drug-likeness (QED) is 0.846. The highest BCUT2D eigenvalue weighted by Gasteiger charge is 2.33. The summed E-state index contributed by atoms with van der Waals surface area (Å²) >= 11 is 0. The minimum absolute atomic E-state index is 0.540. The Morgan fingerprint density at radius 1 is 1.42 bits per heavy atom. The van der Waals surface area contributed by atoms with Crippen molar-refractivity contribution < 1.29 is 5.11 Å². The third kappa shape index (κ3) is 3.59. The molecule has 1 aromatic heterocycles. The third-order valence-electron chi connectivity index (χ3n) is 4.77. The average molecular weight is 264 g/mol. The van der Waals surface area contributed by atoms with Gasteiger partial charge in [-0.25, -0.2) is 4.98 Å². The maximum Gasteiger partial charge on any atom is 0.111 e. The van der Waals surface area contributed by atoms with Gasteiger partial charge in [-0.05, 0) is 38.0 Å². The minimum atomic E-state index is -0.540. The Labute approximate surface area is 117 Å². The van der Waals surface area contributed by atoms with Crippen LogP contribution in [0, 0.1) is 11.8 Å². The predicted octanol–water partition coefficient (Wildman–Crippen LogP) is 3.41. The van der Waals surface area contributed by atoms with Gasteiger partial charge in [-0.2, -0.15) is 0 Å². The molecule has 0 bridgehead atoms. The summed E-state index contributed by atoms with van der Waals surface area (Å²) < 4.78 is 2.14. The molecule has 0 aromatic carbocycles. The predicted molar refractivity (Wildman–Crippen MR) is 78.0 cm³/mol. The summed E-state index contributed by atoms with van der Waals surface area (Å²) in [6.07, 6.45) is 9.97. The van der Waals surface area contributed by atoms with Gasteiger partial charge in [0.05, 0.1) is 5.60 Å². The van der Waals surface area contributed by atoms with E-state index < -0.39 is 5.60 Å². The number of rotatable bonds is 4. The van der Waals surface area contributed by atoms with Crippen molar-refractivity contribution >= 4 is 0 Å². The Morgan fingerprint density at radius 3 is 2.89 bits per heavy atom. The van der Waals surface area contributed by atoms with Gasteiger partial charge < -0.3 is 9.67 Å². The monoisotopic (exact) mass is 264 g/mol. The molecule has 3 heteroatoms. The zero-order chi connectivity index (χ0) is 13.9. The van der Waals surface area contributed by atoms with Crippen LogP contribution in [0.25, 0.3) is 0 Å². The molecule has 1 fully saturated rings. The molecule has 1 heterocycles. The number of hydrogen-bond donors (Lipinski definition) is 1. The molecule has 0 radical (unpaired) electrons. The van der Waals surface area contributed by atoms with Gasteiger partial charge in [-0.15, -0.1) is 0 Å². The third-order valence-corrected chi connectivity index (χ3v) is 4.77. The number of nitrogens with zero attached hydrogens (tertiary/aromatic N) is 2. The molecule has 2 atom stereocenters. The van der Waals surface area contributed by atoms with Gasteiger partial charge in [-0.3, -0.25) is 0 Å². The van der Waals surface area contributed by atoms with Crippen molar-refractivity contribution in [2.24, 2.45) is 11.8 Å². The molecule has 3 nitrogen and oxygen atoms in total. The topological polar surface area (TPSA) is 38.0 Å². The maximum absolute atomic E-state index is 10.9. The van der Waals surface area contributed by atoms with Crippen LogP contribution in [0.5, 0.6) is 0 Å². The largest absolute Gasteiger partial charge is 0.389 e. The lowest BCUT2D eigenvalue weighted by molar-refractivity contribution is 0.0211.